The quantitative estimate of drug-likeness (QED) is 0.800. The largest absolute Gasteiger partial charge is 0.350 e. The smallest absolute Gasteiger partial charge is 0.258 e. The van der Waals surface area contributed by atoms with Crippen LogP contribution in [0.1, 0.15) is 59.4 Å². The van der Waals surface area contributed by atoms with Crippen molar-refractivity contribution in [1.82, 2.24) is 5.32 Å². The van der Waals surface area contributed by atoms with Gasteiger partial charge in [0.05, 0.1) is 0 Å². The molecule has 0 aromatic heterocycles. The third-order valence-corrected chi connectivity index (χ3v) is 5.15. The third kappa shape index (κ3) is 4.51. The molecule has 1 atom stereocenters. The van der Waals surface area contributed by atoms with Crippen molar-refractivity contribution in [2.24, 2.45) is 0 Å². The Bertz CT molecular complexity index is 833. The average Bonchev–Trinajstić information content (AvgIpc) is 2.67. The number of amides is 2. The molecule has 4 nitrogen and oxygen atoms in total. The zero-order valence-electron chi connectivity index (χ0n) is 15.8. The Balaban J connectivity index is 1.81. The van der Waals surface area contributed by atoms with Gasteiger partial charge in [-0.2, -0.15) is 0 Å². The van der Waals surface area contributed by atoms with Gasteiger partial charge in [0.1, 0.15) is 0 Å². The zero-order valence-corrected chi connectivity index (χ0v) is 16.6. The van der Waals surface area contributed by atoms with E-state index in [2.05, 4.69) is 12.2 Å². The van der Waals surface area contributed by atoms with Crippen molar-refractivity contribution >= 4 is 29.1 Å². The molecule has 1 N–H and O–H groups in total. The van der Waals surface area contributed by atoms with Gasteiger partial charge >= 0.3 is 0 Å². The third-order valence-electron chi connectivity index (χ3n) is 4.90. The number of halogens is 1. The van der Waals surface area contributed by atoms with Crippen LogP contribution in [0.5, 0.6) is 0 Å². The van der Waals surface area contributed by atoms with Gasteiger partial charge < -0.3 is 10.2 Å². The number of carbonyl (C=O) groups is 2. The topological polar surface area (TPSA) is 49.4 Å². The van der Waals surface area contributed by atoms with E-state index in [1.807, 2.05) is 19.1 Å². The van der Waals surface area contributed by atoms with Crippen LogP contribution in [0.2, 0.25) is 5.02 Å². The minimum Gasteiger partial charge on any atom is -0.350 e. The summed E-state index contributed by atoms with van der Waals surface area (Å²) in [5, 5.41) is 3.65. The van der Waals surface area contributed by atoms with Crippen molar-refractivity contribution in [1.29, 1.82) is 0 Å². The second-order valence-electron chi connectivity index (χ2n) is 7.07. The van der Waals surface area contributed by atoms with Crippen LogP contribution in [0.15, 0.2) is 42.5 Å². The van der Waals surface area contributed by atoms with Crippen molar-refractivity contribution < 1.29 is 9.59 Å². The van der Waals surface area contributed by atoms with Crippen molar-refractivity contribution in [3.8, 4) is 0 Å². The summed E-state index contributed by atoms with van der Waals surface area (Å²) in [6.07, 6.45) is 3.74. The number of benzene rings is 2. The number of aryl methyl sites for hydroxylation is 1. The Morgan fingerprint density at radius 3 is 2.56 bits per heavy atom. The van der Waals surface area contributed by atoms with E-state index in [0.29, 0.717) is 22.7 Å². The van der Waals surface area contributed by atoms with Crippen LogP contribution in [0.4, 0.5) is 5.69 Å². The molecule has 0 bridgehead atoms. The van der Waals surface area contributed by atoms with Crippen LogP contribution >= 0.6 is 11.6 Å². The number of nitrogens with zero attached hydrogens (tertiary/aromatic N) is 1. The van der Waals surface area contributed by atoms with E-state index in [0.717, 1.165) is 36.9 Å². The summed E-state index contributed by atoms with van der Waals surface area (Å²) in [7, 11) is 0. The number of hydrogen-bond donors (Lipinski definition) is 1. The summed E-state index contributed by atoms with van der Waals surface area (Å²) in [4.78, 5) is 27.2. The average molecular weight is 385 g/mol. The van der Waals surface area contributed by atoms with Crippen LogP contribution < -0.4 is 10.2 Å². The van der Waals surface area contributed by atoms with Gasteiger partial charge in [-0.25, -0.2) is 0 Å². The molecule has 1 aliphatic rings. The standard InChI is InChI=1S/C22H25ClN2O2/c1-3-5-15(2)24-21(26)18-9-12-20-17(14-18)6-4-13-25(20)22(27)16-7-10-19(23)11-8-16/h7-12,14-15H,3-6,13H2,1-2H3,(H,24,26). The van der Waals surface area contributed by atoms with E-state index in [1.54, 1.807) is 35.2 Å². The van der Waals surface area contributed by atoms with Crippen LogP contribution in [-0.2, 0) is 6.42 Å². The summed E-state index contributed by atoms with van der Waals surface area (Å²) < 4.78 is 0. The first kappa shape index (κ1) is 19.4. The number of fused-ring (bicyclic) bond motifs is 1. The van der Waals surface area contributed by atoms with E-state index in [4.69, 9.17) is 11.6 Å². The molecule has 0 saturated carbocycles. The maximum atomic E-state index is 12.9. The molecule has 5 heteroatoms. The van der Waals surface area contributed by atoms with Gasteiger partial charge in [-0.15, -0.1) is 0 Å². The molecule has 0 fully saturated rings. The number of rotatable bonds is 5. The molecule has 1 aliphatic heterocycles. The first-order chi connectivity index (χ1) is 13.0. The fraction of sp³-hybridized carbons (Fsp3) is 0.364. The summed E-state index contributed by atoms with van der Waals surface area (Å²) >= 11 is 5.92. The first-order valence-corrected chi connectivity index (χ1v) is 9.88. The predicted molar refractivity (Wildman–Crippen MR) is 110 cm³/mol. The molecule has 1 heterocycles. The Hall–Kier alpha value is -2.33. The molecule has 142 valence electrons. The monoisotopic (exact) mass is 384 g/mol. The Labute approximate surface area is 165 Å². The lowest BCUT2D eigenvalue weighted by Gasteiger charge is -2.30. The van der Waals surface area contributed by atoms with Crippen molar-refractivity contribution in [2.45, 2.75) is 45.6 Å². The molecule has 0 aliphatic carbocycles. The summed E-state index contributed by atoms with van der Waals surface area (Å²) in [6, 6.07) is 12.7. The highest BCUT2D eigenvalue weighted by atomic mass is 35.5. The molecule has 3 rings (SSSR count). The van der Waals surface area contributed by atoms with Crippen LogP contribution in [0.25, 0.3) is 0 Å². The van der Waals surface area contributed by atoms with Crippen LogP contribution in [0.3, 0.4) is 0 Å². The normalized spacial score (nSPS) is 14.4. The Morgan fingerprint density at radius 2 is 1.85 bits per heavy atom. The molecule has 27 heavy (non-hydrogen) atoms. The molecule has 2 amide bonds. The molecule has 1 unspecified atom stereocenters. The SMILES string of the molecule is CCCC(C)NC(=O)c1ccc2c(c1)CCCN2C(=O)c1ccc(Cl)cc1. The highest BCUT2D eigenvalue weighted by Gasteiger charge is 2.24. The maximum absolute atomic E-state index is 12.9. The van der Waals surface area contributed by atoms with Crippen molar-refractivity contribution in [3.63, 3.8) is 0 Å². The molecule has 2 aromatic carbocycles. The second-order valence-corrected chi connectivity index (χ2v) is 7.51. The fourth-order valence-electron chi connectivity index (χ4n) is 3.51. The maximum Gasteiger partial charge on any atom is 0.258 e. The molecule has 2 aromatic rings. The summed E-state index contributed by atoms with van der Waals surface area (Å²) in [5.41, 5.74) is 3.19. The zero-order chi connectivity index (χ0) is 19.4. The number of anilines is 1. The van der Waals surface area contributed by atoms with Gasteiger partial charge in [-0.05, 0) is 74.2 Å². The summed E-state index contributed by atoms with van der Waals surface area (Å²) in [5.74, 6) is -0.0960. The number of nitrogens with one attached hydrogen (secondary N) is 1. The molecular formula is C22H25ClN2O2. The minimum atomic E-state index is -0.0556. The highest BCUT2D eigenvalue weighted by Crippen LogP contribution is 2.29. The van der Waals surface area contributed by atoms with Crippen LogP contribution in [-0.4, -0.2) is 24.4 Å². The van der Waals surface area contributed by atoms with E-state index >= 15 is 0 Å². The molecule has 0 saturated heterocycles. The van der Waals surface area contributed by atoms with Crippen LogP contribution in [0, 0.1) is 0 Å². The Kier molecular flexibility index (Phi) is 6.17. The lowest BCUT2D eigenvalue weighted by molar-refractivity contribution is 0.0937. The number of hydrogen-bond acceptors (Lipinski definition) is 2. The van der Waals surface area contributed by atoms with Gasteiger partial charge in [-0.3, -0.25) is 9.59 Å². The minimum absolute atomic E-state index is 0.0404. The number of carbonyl (C=O) groups excluding carboxylic acids is 2. The second kappa shape index (κ2) is 8.57. The predicted octanol–water partition coefficient (Wildman–Crippen LogP) is 4.85. The van der Waals surface area contributed by atoms with Gasteiger partial charge in [0.2, 0.25) is 0 Å². The van der Waals surface area contributed by atoms with Gasteiger partial charge in [0.25, 0.3) is 11.8 Å². The Morgan fingerprint density at radius 1 is 1.15 bits per heavy atom. The fourth-order valence-corrected chi connectivity index (χ4v) is 3.64. The summed E-state index contributed by atoms with van der Waals surface area (Å²) in [6.45, 7) is 4.80. The van der Waals surface area contributed by atoms with E-state index in [1.165, 1.54) is 0 Å². The van der Waals surface area contributed by atoms with E-state index in [9.17, 15) is 9.59 Å². The lowest BCUT2D eigenvalue weighted by atomic mass is 9.98. The molecular weight excluding hydrogens is 360 g/mol. The van der Waals surface area contributed by atoms with Crippen molar-refractivity contribution in [2.75, 3.05) is 11.4 Å². The van der Waals surface area contributed by atoms with E-state index < -0.39 is 0 Å². The van der Waals surface area contributed by atoms with E-state index in [-0.39, 0.29) is 17.9 Å². The van der Waals surface area contributed by atoms with Gasteiger partial charge in [0.15, 0.2) is 0 Å². The molecule has 0 spiro atoms. The van der Waals surface area contributed by atoms with Crippen molar-refractivity contribution in [3.05, 3.63) is 64.2 Å². The highest BCUT2D eigenvalue weighted by molar-refractivity contribution is 6.30. The lowest BCUT2D eigenvalue weighted by Crippen LogP contribution is -2.36. The first-order valence-electron chi connectivity index (χ1n) is 9.51. The van der Waals surface area contributed by atoms with Gasteiger partial charge in [-0.1, -0.05) is 24.9 Å². The van der Waals surface area contributed by atoms with Gasteiger partial charge in [0, 0.05) is 34.4 Å². The molecule has 0 radical (unpaired) electrons.